The first-order chi connectivity index (χ1) is 11.2. The van der Waals surface area contributed by atoms with Gasteiger partial charge in [-0.05, 0) is 48.0 Å². The Morgan fingerprint density at radius 3 is 2.65 bits per heavy atom. The number of benzene rings is 2. The Labute approximate surface area is 137 Å². The van der Waals surface area contributed by atoms with Crippen LogP contribution in [0.1, 0.15) is 5.56 Å². The van der Waals surface area contributed by atoms with Crippen LogP contribution in [0.5, 0.6) is 0 Å². The van der Waals surface area contributed by atoms with Gasteiger partial charge in [0.25, 0.3) is 0 Å². The fourth-order valence-corrected chi connectivity index (χ4v) is 2.87. The highest BCUT2D eigenvalue weighted by Gasteiger charge is 2.06. The molecule has 0 radical (unpaired) electrons. The molecule has 0 aliphatic carbocycles. The molecule has 2 aromatic carbocycles. The summed E-state index contributed by atoms with van der Waals surface area (Å²) in [7, 11) is 0. The lowest BCUT2D eigenvalue weighted by Gasteiger charge is -2.07. The Morgan fingerprint density at radius 1 is 1.17 bits per heavy atom. The van der Waals surface area contributed by atoms with E-state index in [0.717, 1.165) is 16.1 Å². The second-order valence-electron chi connectivity index (χ2n) is 4.92. The van der Waals surface area contributed by atoms with Gasteiger partial charge in [-0.3, -0.25) is 4.79 Å². The Kier molecular flexibility index (Phi) is 4.68. The zero-order valence-electron chi connectivity index (χ0n) is 12.5. The fraction of sp³-hybridized carbons (Fsp3) is 0.125. The first kappa shape index (κ1) is 15.2. The van der Waals surface area contributed by atoms with Crippen LogP contribution in [-0.4, -0.2) is 32.3 Å². The number of nitrogens with zero attached hydrogens (tertiary/aromatic N) is 3. The Balaban J connectivity index is 1.57. The summed E-state index contributed by atoms with van der Waals surface area (Å²) >= 11 is 1.53. The van der Waals surface area contributed by atoms with Crippen molar-refractivity contribution in [2.24, 2.45) is 0 Å². The van der Waals surface area contributed by atoms with Crippen LogP contribution in [0.4, 0.5) is 5.69 Å². The smallest absolute Gasteiger partial charge is 0.234 e. The van der Waals surface area contributed by atoms with E-state index >= 15 is 0 Å². The van der Waals surface area contributed by atoms with Crippen LogP contribution in [-0.2, 0) is 4.79 Å². The summed E-state index contributed by atoms with van der Waals surface area (Å²) in [6.07, 6.45) is 0. The summed E-state index contributed by atoms with van der Waals surface area (Å²) in [5, 5.41) is 16.6. The SMILES string of the molecule is Cc1ccccc1SCC(=O)Nc1ccc(-c2nn[nH]n2)cc1. The third-order valence-corrected chi connectivity index (χ3v) is 4.40. The van der Waals surface area contributed by atoms with Crippen LogP contribution in [0.25, 0.3) is 11.4 Å². The third-order valence-electron chi connectivity index (χ3n) is 3.22. The molecule has 6 nitrogen and oxygen atoms in total. The van der Waals surface area contributed by atoms with Crippen molar-refractivity contribution >= 4 is 23.4 Å². The predicted octanol–water partition coefficient (Wildman–Crippen LogP) is 2.91. The summed E-state index contributed by atoms with van der Waals surface area (Å²) in [6, 6.07) is 15.4. The monoisotopic (exact) mass is 325 g/mol. The van der Waals surface area contributed by atoms with E-state index in [1.807, 2.05) is 55.5 Å². The van der Waals surface area contributed by atoms with Gasteiger partial charge in [-0.1, -0.05) is 18.2 Å². The summed E-state index contributed by atoms with van der Waals surface area (Å²) in [5.41, 5.74) is 2.76. The molecule has 3 rings (SSSR count). The molecular formula is C16H15N5OS. The standard InChI is InChI=1S/C16H15N5OS/c1-11-4-2-3-5-14(11)23-10-15(22)17-13-8-6-12(7-9-13)16-18-20-21-19-16/h2-9H,10H2,1H3,(H,17,22)(H,18,19,20,21). The molecule has 0 aliphatic rings. The molecule has 0 atom stereocenters. The van der Waals surface area contributed by atoms with E-state index in [9.17, 15) is 4.79 Å². The van der Waals surface area contributed by atoms with Gasteiger partial charge in [0.15, 0.2) is 0 Å². The van der Waals surface area contributed by atoms with Gasteiger partial charge in [-0.25, -0.2) is 0 Å². The van der Waals surface area contributed by atoms with Crippen molar-refractivity contribution in [3.8, 4) is 11.4 Å². The molecule has 0 fully saturated rings. The molecule has 0 bridgehead atoms. The summed E-state index contributed by atoms with van der Waals surface area (Å²) < 4.78 is 0. The van der Waals surface area contributed by atoms with Crippen LogP contribution < -0.4 is 5.32 Å². The highest BCUT2D eigenvalue weighted by atomic mass is 32.2. The average molecular weight is 325 g/mol. The number of nitrogens with one attached hydrogen (secondary N) is 2. The summed E-state index contributed by atoms with van der Waals surface area (Å²) in [5.74, 6) is 0.862. The van der Waals surface area contributed by atoms with E-state index in [-0.39, 0.29) is 5.91 Å². The second kappa shape index (κ2) is 7.06. The number of thioether (sulfide) groups is 1. The second-order valence-corrected chi connectivity index (χ2v) is 5.93. The molecule has 0 spiro atoms. The van der Waals surface area contributed by atoms with E-state index in [2.05, 4.69) is 25.9 Å². The molecule has 1 aromatic heterocycles. The molecule has 7 heteroatoms. The maximum Gasteiger partial charge on any atom is 0.234 e. The molecule has 3 aromatic rings. The van der Waals surface area contributed by atoms with E-state index in [4.69, 9.17) is 0 Å². The minimum atomic E-state index is -0.0365. The van der Waals surface area contributed by atoms with E-state index < -0.39 is 0 Å². The largest absolute Gasteiger partial charge is 0.325 e. The number of hydrogen-bond donors (Lipinski definition) is 2. The van der Waals surface area contributed by atoms with Gasteiger partial charge >= 0.3 is 0 Å². The molecule has 0 unspecified atom stereocenters. The minimum Gasteiger partial charge on any atom is -0.325 e. The molecule has 23 heavy (non-hydrogen) atoms. The Hall–Kier alpha value is -2.67. The molecule has 1 amide bonds. The number of tetrazole rings is 1. The highest BCUT2D eigenvalue weighted by Crippen LogP contribution is 2.22. The molecule has 116 valence electrons. The topological polar surface area (TPSA) is 83.6 Å². The van der Waals surface area contributed by atoms with Gasteiger partial charge in [-0.2, -0.15) is 5.21 Å². The number of hydrogen-bond acceptors (Lipinski definition) is 5. The molecule has 0 saturated heterocycles. The minimum absolute atomic E-state index is 0.0365. The lowest BCUT2D eigenvalue weighted by atomic mass is 10.2. The van der Waals surface area contributed by atoms with Crippen molar-refractivity contribution < 1.29 is 4.79 Å². The Bertz CT molecular complexity index is 786. The number of aryl methyl sites for hydroxylation is 1. The number of amides is 1. The van der Waals surface area contributed by atoms with Crippen molar-refractivity contribution in [3.63, 3.8) is 0 Å². The average Bonchev–Trinajstić information content (AvgIpc) is 3.09. The molecule has 0 aliphatic heterocycles. The van der Waals surface area contributed by atoms with Gasteiger partial charge in [0, 0.05) is 16.1 Å². The van der Waals surface area contributed by atoms with Gasteiger partial charge < -0.3 is 5.32 Å². The first-order valence-corrected chi connectivity index (χ1v) is 8.03. The number of aromatic nitrogens is 4. The van der Waals surface area contributed by atoms with E-state index in [1.165, 1.54) is 17.3 Å². The quantitative estimate of drug-likeness (QED) is 0.705. The zero-order chi connectivity index (χ0) is 16.1. The van der Waals surface area contributed by atoms with Crippen LogP contribution in [0.15, 0.2) is 53.4 Å². The molecule has 0 saturated carbocycles. The van der Waals surface area contributed by atoms with Gasteiger partial charge in [0.1, 0.15) is 0 Å². The van der Waals surface area contributed by atoms with Crippen molar-refractivity contribution in [2.75, 3.05) is 11.1 Å². The van der Waals surface area contributed by atoms with Gasteiger partial charge in [0.05, 0.1) is 5.75 Å². The third kappa shape index (κ3) is 3.95. The van der Waals surface area contributed by atoms with E-state index in [0.29, 0.717) is 11.6 Å². The molecular weight excluding hydrogens is 310 g/mol. The van der Waals surface area contributed by atoms with Crippen molar-refractivity contribution in [1.82, 2.24) is 20.6 Å². The van der Waals surface area contributed by atoms with Crippen molar-refractivity contribution in [2.45, 2.75) is 11.8 Å². The summed E-state index contributed by atoms with van der Waals surface area (Å²) in [6.45, 7) is 2.04. The number of aromatic amines is 1. The van der Waals surface area contributed by atoms with Gasteiger partial charge in [-0.15, -0.1) is 22.0 Å². The predicted molar refractivity (Wildman–Crippen MR) is 90.1 cm³/mol. The maximum atomic E-state index is 12.0. The number of carbonyl (C=O) groups is 1. The highest BCUT2D eigenvalue weighted by molar-refractivity contribution is 8.00. The van der Waals surface area contributed by atoms with Crippen LogP contribution in [0.2, 0.25) is 0 Å². The number of H-pyrrole nitrogens is 1. The van der Waals surface area contributed by atoms with Crippen LogP contribution in [0.3, 0.4) is 0 Å². The van der Waals surface area contributed by atoms with Crippen molar-refractivity contribution in [1.29, 1.82) is 0 Å². The number of carbonyl (C=O) groups excluding carboxylic acids is 1. The Morgan fingerprint density at radius 2 is 1.96 bits per heavy atom. The molecule has 1 heterocycles. The van der Waals surface area contributed by atoms with Crippen molar-refractivity contribution in [3.05, 3.63) is 54.1 Å². The fourth-order valence-electron chi connectivity index (χ4n) is 2.05. The first-order valence-electron chi connectivity index (χ1n) is 7.04. The van der Waals surface area contributed by atoms with E-state index in [1.54, 1.807) is 0 Å². The zero-order valence-corrected chi connectivity index (χ0v) is 13.3. The summed E-state index contributed by atoms with van der Waals surface area (Å²) in [4.78, 5) is 13.2. The van der Waals surface area contributed by atoms with Crippen LogP contribution in [0, 0.1) is 6.92 Å². The number of anilines is 1. The van der Waals surface area contributed by atoms with Crippen LogP contribution >= 0.6 is 11.8 Å². The van der Waals surface area contributed by atoms with Gasteiger partial charge in [0.2, 0.25) is 11.7 Å². The number of rotatable bonds is 5. The normalized spacial score (nSPS) is 10.5. The lowest BCUT2D eigenvalue weighted by Crippen LogP contribution is -2.13. The molecule has 2 N–H and O–H groups in total. The lowest BCUT2D eigenvalue weighted by molar-refractivity contribution is -0.113. The maximum absolute atomic E-state index is 12.0.